The summed E-state index contributed by atoms with van der Waals surface area (Å²) in [5.74, 6) is 0.764. The van der Waals surface area contributed by atoms with Crippen molar-refractivity contribution in [2.75, 3.05) is 6.26 Å². The Hall–Kier alpha value is -2.74. The zero-order valence-electron chi connectivity index (χ0n) is 16.6. The second-order valence-electron chi connectivity index (χ2n) is 7.50. The minimum atomic E-state index is -3.27. The number of nitrogens with zero attached hydrogens (tertiary/aromatic N) is 2. The SMILES string of the molecule is CC(/C=C/S(C)(=O)=O)NC(=O)c1cnc(C(C)(C)C)nc1Oc1ccccc1. The third kappa shape index (κ3) is 6.45. The molecule has 0 spiro atoms. The van der Waals surface area contributed by atoms with Crippen LogP contribution in [-0.4, -0.2) is 36.6 Å². The maximum atomic E-state index is 12.7. The molecule has 1 amide bonds. The first kappa shape index (κ1) is 21.6. The van der Waals surface area contributed by atoms with Gasteiger partial charge in [-0.3, -0.25) is 4.79 Å². The minimum Gasteiger partial charge on any atom is -0.438 e. The van der Waals surface area contributed by atoms with Crippen molar-refractivity contribution in [3.8, 4) is 11.6 Å². The Balaban J connectivity index is 2.33. The van der Waals surface area contributed by atoms with Crippen LogP contribution >= 0.6 is 0 Å². The summed E-state index contributed by atoms with van der Waals surface area (Å²) < 4.78 is 28.3. The standard InChI is InChI=1S/C20H25N3O4S/c1-14(11-12-28(5,25)26)22-17(24)16-13-21-19(20(2,3)4)23-18(16)27-15-9-7-6-8-10-15/h6-14H,1-5H3,(H,22,24)/b12-11+. The smallest absolute Gasteiger partial charge is 0.258 e. The topological polar surface area (TPSA) is 98.2 Å². The van der Waals surface area contributed by atoms with E-state index < -0.39 is 21.8 Å². The monoisotopic (exact) mass is 403 g/mol. The van der Waals surface area contributed by atoms with Crippen LogP contribution in [0, 0.1) is 0 Å². The average Bonchev–Trinajstić information content (AvgIpc) is 2.59. The van der Waals surface area contributed by atoms with Gasteiger partial charge in [-0.1, -0.05) is 45.0 Å². The number of carbonyl (C=O) groups is 1. The first-order valence-corrected chi connectivity index (χ1v) is 10.7. The second kappa shape index (κ2) is 8.52. The summed E-state index contributed by atoms with van der Waals surface area (Å²) in [5.41, 5.74) is -0.161. The molecule has 0 bridgehead atoms. The number of sulfone groups is 1. The molecule has 0 aliphatic rings. The van der Waals surface area contributed by atoms with Gasteiger partial charge in [-0.15, -0.1) is 0 Å². The van der Waals surface area contributed by atoms with Crippen molar-refractivity contribution in [3.05, 3.63) is 59.4 Å². The predicted molar refractivity (Wildman–Crippen MR) is 108 cm³/mol. The second-order valence-corrected chi connectivity index (χ2v) is 9.43. The summed E-state index contributed by atoms with van der Waals surface area (Å²) in [6.07, 6.45) is 3.91. The fourth-order valence-electron chi connectivity index (χ4n) is 2.15. The van der Waals surface area contributed by atoms with E-state index >= 15 is 0 Å². The normalized spacial score (nSPS) is 13.3. The van der Waals surface area contributed by atoms with Crippen molar-refractivity contribution in [2.24, 2.45) is 0 Å². The van der Waals surface area contributed by atoms with Gasteiger partial charge < -0.3 is 10.1 Å². The highest BCUT2D eigenvalue weighted by Crippen LogP contribution is 2.26. The zero-order chi connectivity index (χ0) is 20.9. The van der Waals surface area contributed by atoms with Crippen LogP contribution in [0.1, 0.15) is 43.9 Å². The maximum Gasteiger partial charge on any atom is 0.258 e. The molecular formula is C20H25N3O4S. The molecule has 2 rings (SSSR count). The van der Waals surface area contributed by atoms with E-state index in [-0.39, 0.29) is 16.9 Å². The van der Waals surface area contributed by atoms with Gasteiger partial charge >= 0.3 is 0 Å². The fourth-order valence-corrected chi connectivity index (χ4v) is 2.68. The first-order valence-electron chi connectivity index (χ1n) is 8.75. The van der Waals surface area contributed by atoms with Gasteiger partial charge in [-0.2, -0.15) is 4.98 Å². The molecule has 0 saturated heterocycles. The Bertz CT molecular complexity index is 965. The fraction of sp³-hybridized carbons (Fsp3) is 0.350. The molecule has 8 heteroatoms. The van der Waals surface area contributed by atoms with Gasteiger partial charge in [0.25, 0.3) is 5.91 Å². The molecule has 1 aromatic carbocycles. The van der Waals surface area contributed by atoms with E-state index in [0.29, 0.717) is 11.6 Å². The number of benzene rings is 1. The Morgan fingerprint density at radius 3 is 2.43 bits per heavy atom. The molecule has 28 heavy (non-hydrogen) atoms. The van der Waals surface area contributed by atoms with E-state index in [0.717, 1.165) is 11.7 Å². The van der Waals surface area contributed by atoms with Gasteiger partial charge in [0.1, 0.15) is 17.1 Å². The highest BCUT2D eigenvalue weighted by atomic mass is 32.2. The Morgan fingerprint density at radius 2 is 1.86 bits per heavy atom. The van der Waals surface area contributed by atoms with Crippen LogP contribution in [0.3, 0.4) is 0 Å². The molecule has 0 aliphatic heterocycles. The van der Waals surface area contributed by atoms with Gasteiger partial charge in [0.15, 0.2) is 9.84 Å². The number of nitrogens with one attached hydrogen (secondary N) is 1. The summed E-state index contributed by atoms with van der Waals surface area (Å²) in [7, 11) is -3.27. The van der Waals surface area contributed by atoms with Crippen molar-refractivity contribution in [1.29, 1.82) is 0 Å². The molecule has 150 valence electrons. The van der Waals surface area contributed by atoms with Gasteiger partial charge in [0, 0.05) is 29.3 Å². The average molecular weight is 404 g/mol. The molecule has 2 aromatic rings. The van der Waals surface area contributed by atoms with Gasteiger partial charge in [-0.05, 0) is 19.1 Å². The number of para-hydroxylation sites is 1. The summed E-state index contributed by atoms with van der Waals surface area (Å²) in [6, 6.07) is 8.51. The lowest BCUT2D eigenvalue weighted by atomic mass is 9.95. The summed E-state index contributed by atoms with van der Waals surface area (Å²) >= 11 is 0. The highest BCUT2D eigenvalue weighted by Gasteiger charge is 2.23. The molecule has 0 fully saturated rings. The number of amides is 1. The lowest BCUT2D eigenvalue weighted by Gasteiger charge is -2.19. The molecule has 7 nitrogen and oxygen atoms in total. The third-order valence-electron chi connectivity index (χ3n) is 3.60. The Kier molecular flexibility index (Phi) is 6.56. The van der Waals surface area contributed by atoms with E-state index in [1.807, 2.05) is 39.0 Å². The van der Waals surface area contributed by atoms with Crippen molar-refractivity contribution in [1.82, 2.24) is 15.3 Å². The molecule has 1 N–H and O–H groups in total. The molecule has 1 atom stereocenters. The summed E-state index contributed by atoms with van der Waals surface area (Å²) in [4.78, 5) is 21.4. The van der Waals surface area contributed by atoms with Crippen LogP contribution in [-0.2, 0) is 15.3 Å². The lowest BCUT2D eigenvalue weighted by Crippen LogP contribution is -2.32. The molecule has 0 aliphatic carbocycles. The molecule has 1 heterocycles. The maximum absolute atomic E-state index is 12.7. The third-order valence-corrected chi connectivity index (χ3v) is 4.25. The lowest BCUT2D eigenvalue weighted by molar-refractivity contribution is 0.0943. The molecule has 1 aromatic heterocycles. The van der Waals surface area contributed by atoms with Crippen molar-refractivity contribution < 1.29 is 17.9 Å². The Morgan fingerprint density at radius 1 is 1.21 bits per heavy atom. The van der Waals surface area contributed by atoms with Crippen LogP contribution in [0.15, 0.2) is 48.0 Å². The van der Waals surface area contributed by atoms with Crippen LogP contribution in [0.5, 0.6) is 11.6 Å². The number of carbonyl (C=O) groups excluding carboxylic acids is 1. The van der Waals surface area contributed by atoms with E-state index in [1.54, 1.807) is 19.1 Å². The van der Waals surface area contributed by atoms with Crippen LogP contribution in [0.4, 0.5) is 0 Å². The van der Waals surface area contributed by atoms with E-state index in [4.69, 9.17) is 4.74 Å². The first-order chi connectivity index (χ1) is 13.0. The molecule has 0 radical (unpaired) electrons. The number of rotatable bonds is 6. The van der Waals surface area contributed by atoms with E-state index in [9.17, 15) is 13.2 Å². The molecular weight excluding hydrogens is 378 g/mol. The molecule has 1 unspecified atom stereocenters. The quantitative estimate of drug-likeness (QED) is 0.795. The zero-order valence-corrected chi connectivity index (χ0v) is 17.4. The number of ether oxygens (including phenoxy) is 1. The van der Waals surface area contributed by atoms with Crippen LogP contribution in [0.25, 0.3) is 0 Å². The van der Waals surface area contributed by atoms with Gasteiger partial charge in [-0.25, -0.2) is 13.4 Å². The van der Waals surface area contributed by atoms with E-state index in [1.165, 1.54) is 12.3 Å². The number of hydrogen-bond acceptors (Lipinski definition) is 6. The molecule has 0 saturated carbocycles. The number of hydrogen-bond donors (Lipinski definition) is 1. The Labute approximate surface area is 165 Å². The highest BCUT2D eigenvalue weighted by molar-refractivity contribution is 7.93. The van der Waals surface area contributed by atoms with Gasteiger partial charge in [0.2, 0.25) is 5.88 Å². The minimum absolute atomic E-state index is 0.142. The van der Waals surface area contributed by atoms with Crippen LogP contribution < -0.4 is 10.1 Å². The van der Waals surface area contributed by atoms with Crippen molar-refractivity contribution in [2.45, 2.75) is 39.2 Å². The largest absolute Gasteiger partial charge is 0.438 e. The van der Waals surface area contributed by atoms with Crippen molar-refractivity contribution in [3.63, 3.8) is 0 Å². The van der Waals surface area contributed by atoms with E-state index in [2.05, 4.69) is 15.3 Å². The summed E-state index contributed by atoms with van der Waals surface area (Å²) in [5, 5.41) is 3.76. The van der Waals surface area contributed by atoms with Gasteiger partial charge in [0.05, 0.1) is 0 Å². The number of aromatic nitrogens is 2. The van der Waals surface area contributed by atoms with Crippen LogP contribution in [0.2, 0.25) is 0 Å². The van der Waals surface area contributed by atoms with Crippen molar-refractivity contribution >= 4 is 15.7 Å². The summed E-state index contributed by atoms with van der Waals surface area (Å²) in [6.45, 7) is 7.56. The predicted octanol–water partition coefficient (Wildman–Crippen LogP) is 3.24.